The lowest BCUT2D eigenvalue weighted by Gasteiger charge is -2.18. The summed E-state index contributed by atoms with van der Waals surface area (Å²) < 4.78 is 0. The van der Waals surface area contributed by atoms with Crippen LogP contribution >= 0.6 is 11.3 Å². The lowest BCUT2D eigenvalue weighted by Crippen LogP contribution is -2.28. The van der Waals surface area contributed by atoms with Crippen LogP contribution in [-0.4, -0.2) is 29.1 Å². The van der Waals surface area contributed by atoms with E-state index in [9.17, 15) is 14.7 Å². The molecule has 1 aromatic heterocycles. The average molecular weight is 304 g/mol. The number of carbonyl (C=O) groups is 2. The first-order valence-electron chi connectivity index (χ1n) is 6.41. The first-order valence-corrected chi connectivity index (χ1v) is 7.29. The Morgan fingerprint density at radius 2 is 1.90 bits per heavy atom. The van der Waals surface area contributed by atoms with Crippen LogP contribution in [-0.2, 0) is 13.1 Å². The monoisotopic (exact) mass is 304 g/mol. The summed E-state index contributed by atoms with van der Waals surface area (Å²) in [5.74, 6) is -0.157. The molecule has 1 heterocycles. The molecule has 2 aromatic rings. The van der Waals surface area contributed by atoms with Crippen molar-refractivity contribution >= 4 is 23.3 Å². The van der Waals surface area contributed by atoms with E-state index in [1.165, 1.54) is 16.2 Å². The number of nitrogens with one attached hydrogen (secondary N) is 1. The molecule has 110 valence electrons. The molecule has 2 rings (SSSR count). The number of carbonyl (C=O) groups excluding carboxylic acids is 1. The lowest BCUT2D eigenvalue weighted by atomic mass is 10.1. The third kappa shape index (κ3) is 4.06. The van der Waals surface area contributed by atoms with Gasteiger partial charge in [0, 0.05) is 24.0 Å². The Hall–Kier alpha value is -2.34. The Balaban J connectivity index is 2.06. The van der Waals surface area contributed by atoms with Gasteiger partial charge in [-0.2, -0.15) is 0 Å². The van der Waals surface area contributed by atoms with Crippen LogP contribution in [0.4, 0.5) is 4.79 Å². The van der Waals surface area contributed by atoms with Gasteiger partial charge in [-0.25, -0.2) is 4.79 Å². The molecule has 6 heteroatoms. The molecule has 5 nitrogen and oxygen atoms in total. The predicted molar refractivity (Wildman–Crippen MR) is 81.4 cm³/mol. The second-order valence-electron chi connectivity index (χ2n) is 4.49. The van der Waals surface area contributed by atoms with Crippen LogP contribution in [0.25, 0.3) is 0 Å². The van der Waals surface area contributed by atoms with Crippen LogP contribution in [0.5, 0.6) is 0 Å². The predicted octanol–water partition coefficient (Wildman–Crippen LogP) is 2.79. The van der Waals surface area contributed by atoms with E-state index in [0.717, 1.165) is 10.4 Å². The molecule has 0 aliphatic heterocycles. The first-order chi connectivity index (χ1) is 10.1. The van der Waals surface area contributed by atoms with E-state index in [4.69, 9.17) is 0 Å². The van der Waals surface area contributed by atoms with Gasteiger partial charge in [0.25, 0.3) is 5.91 Å². The number of thiophene rings is 1. The Morgan fingerprint density at radius 1 is 1.19 bits per heavy atom. The molecule has 0 atom stereocenters. The zero-order chi connectivity index (χ0) is 15.2. The summed E-state index contributed by atoms with van der Waals surface area (Å²) in [6.45, 7) is 0.658. The van der Waals surface area contributed by atoms with Gasteiger partial charge < -0.3 is 10.4 Å². The van der Waals surface area contributed by atoms with Crippen LogP contribution in [0.1, 0.15) is 20.8 Å². The van der Waals surface area contributed by atoms with E-state index in [0.29, 0.717) is 18.7 Å². The maximum absolute atomic E-state index is 11.5. The zero-order valence-electron chi connectivity index (χ0n) is 11.6. The number of rotatable bonds is 5. The number of nitrogens with zero attached hydrogens (tertiary/aromatic N) is 1. The summed E-state index contributed by atoms with van der Waals surface area (Å²) in [6.07, 6.45) is -0.959. The molecule has 0 unspecified atom stereocenters. The minimum absolute atomic E-state index is 0.157. The Kier molecular flexibility index (Phi) is 4.94. The van der Waals surface area contributed by atoms with Gasteiger partial charge in [-0.3, -0.25) is 9.69 Å². The van der Waals surface area contributed by atoms with E-state index in [1.54, 1.807) is 31.3 Å². The number of hydrogen-bond donors (Lipinski definition) is 2. The quantitative estimate of drug-likeness (QED) is 0.892. The van der Waals surface area contributed by atoms with Gasteiger partial charge in [0.15, 0.2) is 0 Å². The smallest absolute Gasteiger partial charge is 0.407 e. The summed E-state index contributed by atoms with van der Waals surface area (Å²) in [6, 6.07) is 10.7. The van der Waals surface area contributed by atoms with Crippen LogP contribution in [0.3, 0.4) is 0 Å². The highest BCUT2D eigenvalue weighted by Gasteiger charge is 2.14. The van der Waals surface area contributed by atoms with Crippen LogP contribution in [0, 0.1) is 0 Å². The van der Waals surface area contributed by atoms with Crippen molar-refractivity contribution in [1.82, 2.24) is 10.2 Å². The van der Waals surface area contributed by atoms with Crippen molar-refractivity contribution in [3.63, 3.8) is 0 Å². The largest absolute Gasteiger partial charge is 0.465 e. The molecule has 0 aliphatic carbocycles. The second-order valence-corrected chi connectivity index (χ2v) is 5.53. The molecule has 2 N–H and O–H groups in total. The van der Waals surface area contributed by atoms with Gasteiger partial charge >= 0.3 is 6.09 Å². The molecule has 0 fully saturated rings. The van der Waals surface area contributed by atoms with E-state index >= 15 is 0 Å². The van der Waals surface area contributed by atoms with Crippen LogP contribution in [0.2, 0.25) is 0 Å². The maximum atomic E-state index is 11.5. The number of benzene rings is 1. The minimum Gasteiger partial charge on any atom is -0.465 e. The van der Waals surface area contributed by atoms with E-state index in [-0.39, 0.29) is 5.91 Å². The number of hydrogen-bond acceptors (Lipinski definition) is 3. The van der Waals surface area contributed by atoms with Gasteiger partial charge in [0.2, 0.25) is 0 Å². The maximum Gasteiger partial charge on any atom is 0.407 e. The molecular formula is C15H16N2O3S. The first kappa shape index (κ1) is 15.1. The standard InChI is InChI=1S/C15H16N2O3S/c1-16-14(18)12-6-4-11(5-7-12)9-17(15(19)20)10-13-3-2-8-21-13/h2-8H,9-10H2,1H3,(H,16,18)(H,19,20). The summed E-state index contributed by atoms with van der Waals surface area (Å²) >= 11 is 1.53. The van der Waals surface area contributed by atoms with E-state index in [2.05, 4.69) is 5.32 Å². The molecule has 0 aliphatic rings. The van der Waals surface area contributed by atoms with Gasteiger partial charge in [-0.1, -0.05) is 18.2 Å². The minimum atomic E-state index is -0.959. The van der Waals surface area contributed by atoms with Crippen molar-refractivity contribution in [1.29, 1.82) is 0 Å². The Labute approximate surface area is 126 Å². The normalized spacial score (nSPS) is 10.1. The Bertz CT molecular complexity index is 608. The SMILES string of the molecule is CNC(=O)c1ccc(CN(Cc2cccs2)C(=O)O)cc1. The van der Waals surface area contributed by atoms with Crippen molar-refractivity contribution in [2.45, 2.75) is 13.1 Å². The second kappa shape index (κ2) is 6.90. The van der Waals surface area contributed by atoms with E-state index in [1.807, 2.05) is 17.5 Å². The van der Waals surface area contributed by atoms with Crippen molar-refractivity contribution in [3.8, 4) is 0 Å². The zero-order valence-corrected chi connectivity index (χ0v) is 12.4. The highest BCUT2D eigenvalue weighted by molar-refractivity contribution is 7.09. The Morgan fingerprint density at radius 3 is 2.43 bits per heavy atom. The van der Waals surface area contributed by atoms with Crippen LogP contribution < -0.4 is 5.32 Å². The third-order valence-corrected chi connectivity index (χ3v) is 3.88. The molecule has 21 heavy (non-hydrogen) atoms. The summed E-state index contributed by atoms with van der Waals surface area (Å²) in [5, 5.41) is 13.8. The fourth-order valence-electron chi connectivity index (χ4n) is 1.91. The van der Waals surface area contributed by atoms with Gasteiger partial charge in [-0.15, -0.1) is 11.3 Å². The van der Waals surface area contributed by atoms with Crippen molar-refractivity contribution < 1.29 is 14.7 Å². The number of carboxylic acid groups (broad SMARTS) is 1. The topological polar surface area (TPSA) is 69.6 Å². The molecule has 0 saturated carbocycles. The van der Waals surface area contributed by atoms with Gasteiger partial charge in [-0.05, 0) is 29.1 Å². The highest BCUT2D eigenvalue weighted by Crippen LogP contribution is 2.15. The van der Waals surface area contributed by atoms with Gasteiger partial charge in [0.05, 0.1) is 6.54 Å². The summed E-state index contributed by atoms with van der Waals surface area (Å²) in [7, 11) is 1.57. The van der Waals surface area contributed by atoms with Crippen molar-refractivity contribution in [3.05, 3.63) is 57.8 Å². The fourth-order valence-corrected chi connectivity index (χ4v) is 2.63. The van der Waals surface area contributed by atoms with Gasteiger partial charge in [0.1, 0.15) is 0 Å². The average Bonchev–Trinajstić information content (AvgIpc) is 2.99. The van der Waals surface area contributed by atoms with Crippen LogP contribution in [0.15, 0.2) is 41.8 Å². The molecule has 2 amide bonds. The molecular weight excluding hydrogens is 288 g/mol. The fraction of sp³-hybridized carbons (Fsp3) is 0.200. The third-order valence-electron chi connectivity index (χ3n) is 3.01. The number of amides is 2. The summed E-state index contributed by atoms with van der Waals surface area (Å²) in [5.41, 5.74) is 1.41. The lowest BCUT2D eigenvalue weighted by molar-refractivity contribution is 0.0962. The molecule has 0 spiro atoms. The van der Waals surface area contributed by atoms with Crippen molar-refractivity contribution in [2.75, 3.05) is 7.05 Å². The summed E-state index contributed by atoms with van der Waals surface area (Å²) in [4.78, 5) is 25.1. The molecule has 0 saturated heterocycles. The highest BCUT2D eigenvalue weighted by atomic mass is 32.1. The van der Waals surface area contributed by atoms with Crippen molar-refractivity contribution in [2.24, 2.45) is 0 Å². The molecule has 1 aromatic carbocycles. The van der Waals surface area contributed by atoms with E-state index < -0.39 is 6.09 Å². The molecule has 0 bridgehead atoms. The molecule has 0 radical (unpaired) electrons.